The Morgan fingerprint density at radius 1 is 0.771 bits per heavy atom. The van der Waals surface area contributed by atoms with Crippen LogP contribution in [0.3, 0.4) is 0 Å². The quantitative estimate of drug-likeness (QED) is 0.513. The first-order chi connectivity index (χ1) is 17.2. The van der Waals surface area contributed by atoms with Crippen molar-refractivity contribution >= 4 is 11.8 Å². The predicted molar refractivity (Wildman–Crippen MR) is 147 cm³/mol. The molecule has 0 radical (unpaired) electrons. The summed E-state index contributed by atoms with van der Waals surface area (Å²) in [5.74, 6) is 2.10. The molecule has 6 nitrogen and oxygen atoms in total. The maximum Gasteiger partial charge on any atom is 0.225 e. The van der Waals surface area contributed by atoms with E-state index in [1.807, 2.05) is 6.20 Å². The Hall–Kier alpha value is -2.21. The lowest BCUT2D eigenvalue weighted by Gasteiger charge is -2.43. The second kappa shape index (κ2) is 13.2. The van der Waals surface area contributed by atoms with Crippen molar-refractivity contribution in [2.24, 2.45) is 0 Å². The molecule has 0 amide bonds. The van der Waals surface area contributed by atoms with Crippen LogP contribution in [0.25, 0.3) is 0 Å². The van der Waals surface area contributed by atoms with Gasteiger partial charge in [0, 0.05) is 63.4 Å². The SMILES string of the molecule is CCCc1cnc(N2CCN(C3CCC3)CC2)nc1CCC.CCc1ccc(N2CCCC2)nc1. The molecular formula is C29H46N6. The van der Waals surface area contributed by atoms with Gasteiger partial charge in [-0.25, -0.2) is 15.0 Å². The van der Waals surface area contributed by atoms with Crippen LogP contribution in [0, 0.1) is 0 Å². The van der Waals surface area contributed by atoms with E-state index < -0.39 is 0 Å². The fourth-order valence-corrected chi connectivity index (χ4v) is 5.31. The monoisotopic (exact) mass is 478 g/mol. The van der Waals surface area contributed by atoms with Gasteiger partial charge >= 0.3 is 0 Å². The first-order valence-corrected chi connectivity index (χ1v) is 14.3. The Kier molecular flexibility index (Phi) is 9.75. The van der Waals surface area contributed by atoms with Crippen LogP contribution in [-0.4, -0.2) is 65.2 Å². The molecule has 4 heterocycles. The lowest BCUT2D eigenvalue weighted by Crippen LogP contribution is -2.52. The van der Waals surface area contributed by atoms with E-state index in [2.05, 4.69) is 63.8 Å². The van der Waals surface area contributed by atoms with E-state index in [0.29, 0.717) is 0 Å². The third kappa shape index (κ3) is 6.93. The number of nitrogens with zero attached hydrogens (tertiary/aromatic N) is 6. The highest BCUT2D eigenvalue weighted by atomic mass is 15.3. The van der Waals surface area contributed by atoms with Crippen molar-refractivity contribution in [1.82, 2.24) is 19.9 Å². The third-order valence-electron chi connectivity index (χ3n) is 7.78. The van der Waals surface area contributed by atoms with Crippen molar-refractivity contribution in [3.8, 4) is 0 Å². The predicted octanol–water partition coefficient (Wildman–Crippen LogP) is 5.30. The fraction of sp³-hybridized carbons (Fsp3) is 0.690. The van der Waals surface area contributed by atoms with Gasteiger partial charge in [-0.15, -0.1) is 0 Å². The number of aromatic nitrogens is 3. The van der Waals surface area contributed by atoms with Gasteiger partial charge in [0.05, 0.1) is 0 Å². The maximum atomic E-state index is 4.91. The van der Waals surface area contributed by atoms with Gasteiger partial charge in [0.25, 0.3) is 0 Å². The lowest BCUT2D eigenvalue weighted by molar-refractivity contribution is 0.120. The largest absolute Gasteiger partial charge is 0.357 e. The fourth-order valence-electron chi connectivity index (χ4n) is 5.31. The van der Waals surface area contributed by atoms with Crippen molar-refractivity contribution in [1.29, 1.82) is 0 Å². The molecule has 5 rings (SSSR count). The van der Waals surface area contributed by atoms with Gasteiger partial charge < -0.3 is 9.80 Å². The van der Waals surface area contributed by atoms with Crippen LogP contribution in [0.2, 0.25) is 0 Å². The summed E-state index contributed by atoms with van der Waals surface area (Å²) in [4.78, 5) is 21.4. The Labute approximate surface area is 213 Å². The molecule has 0 spiro atoms. The first kappa shape index (κ1) is 25.9. The molecule has 1 aliphatic carbocycles. The number of piperazine rings is 1. The second-order valence-electron chi connectivity index (χ2n) is 10.3. The summed E-state index contributed by atoms with van der Waals surface area (Å²) in [6.45, 7) is 13.5. The highest BCUT2D eigenvalue weighted by molar-refractivity contribution is 5.40. The molecule has 0 unspecified atom stereocenters. The van der Waals surface area contributed by atoms with Gasteiger partial charge in [0.1, 0.15) is 5.82 Å². The van der Waals surface area contributed by atoms with Gasteiger partial charge in [0.2, 0.25) is 5.95 Å². The minimum absolute atomic E-state index is 0.866. The number of hydrogen-bond acceptors (Lipinski definition) is 6. The van der Waals surface area contributed by atoms with E-state index in [9.17, 15) is 0 Å². The van der Waals surface area contributed by atoms with Gasteiger partial charge in [-0.2, -0.15) is 0 Å². The van der Waals surface area contributed by atoms with Crippen molar-refractivity contribution in [3.05, 3.63) is 41.3 Å². The molecule has 6 heteroatoms. The minimum Gasteiger partial charge on any atom is -0.357 e. The van der Waals surface area contributed by atoms with Crippen LogP contribution in [0.1, 0.15) is 82.5 Å². The number of pyridine rings is 1. The standard InChI is InChI=1S/C18H30N4.C11H16N2/c1-3-6-15-14-19-18(20-17(15)7-4-2)22-12-10-21(11-13-22)16-8-5-9-16;1-2-10-5-6-11(12-9-10)13-7-3-4-8-13/h14,16H,3-13H2,1-2H3;5-6,9H,2-4,7-8H2,1H3. The zero-order chi connectivity index (χ0) is 24.5. The summed E-state index contributed by atoms with van der Waals surface area (Å²) in [5.41, 5.74) is 3.94. The molecule has 3 fully saturated rings. The maximum absolute atomic E-state index is 4.91. The summed E-state index contributed by atoms with van der Waals surface area (Å²) in [7, 11) is 0. The van der Waals surface area contributed by atoms with Crippen LogP contribution in [0.4, 0.5) is 11.8 Å². The summed E-state index contributed by atoms with van der Waals surface area (Å²) in [6, 6.07) is 5.19. The average molecular weight is 479 g/mol. The smallest absolute Gasteiger partial charge is 0.225 e. The Bertz CT molecular complexity index is 881. The molecule has 2 aromatic rings. The minimum atomic E-state index is 0.866. The topological polar surface area (TPSA) is 48.4 Å². The molecule has 192 valence electrons. The van der Waals surface area contributed by atoms with Gasteiger partial charge in [0.15, 0.2) is 0 Å². The normalized spacial score (nSPS) is 18.8. The molecule has 35 heavy (non-hydrogen) atoms. The zero-order valence-electron chi connectivity index (χ0n) is 22.4. The van der Waals surface area contributed by atoms with E-state index in [-0.39, 0.29) is 0 Å². The Morgan fingerprint density at radius 2 is 1.51 bits per heavy atom. The second-order valence-corrected chi connectivity index (χ2v) is 10.3. The molecule has 0 bridgehead atoms. The molecule has 3 aliphatic rings. The van der Waals surface area contributed by atoms with E-state index in [0.717, 1.165) is 56.6 Å². The van der Waals surface area contributed by atoms with Crippen molar-refractivity contribution < 1.29 is 0 Å². The molecule has 1 saturated carbocycles. The first-order valence-electron chi connectivity index (χ1n) is 14.3. The van der Waals surface area contributed by atoms with Crippen LogP contribution in [-0.2, 0) is 19.3 Å². The number of rotatable bonds is 8. The van der Waals surface area contributed by atoms with E-state index in [4.69, 9.17) is 4.98 Å². The highest BCUT2D eigenvalue weighted by Crippen LogP contribution is 2.26. The van der Waals surface area contributed by atoms with Crippen LogP contribution in [0.5, 0.6) is 0 Å². The molecule has 0 atom stereocenters. The average Bonchev–Trinajstić information content (AvgIpc) is 3.41. The molecule has 0 N–H and O–H groups in total. The summed E-state index contributed by atoms with van der Waals surface area (Å²) in [6.07, 6.45) is 16.5. The van der Waals surface area contributed by atoms with E-state index in [1.165, 1.54) is 81.5 Å². The van der Waals surface area contributed by atoms with Gasteiger partial charge in [-0.05, 0) is 62.1 Å². The van der Waals surface area contributed by atoms with Crippen LogP contribution < -0.4 is 9.80 Å². The zero-order valence-corrected chi connectivity index (χ0v) is 22.4. The summed E-state index contributed by atoms with van der Waals surface area (Å²) in [5, 5.41) is 0. The number of anilines is 2. The number of aryl methyl sites for hydroxylation is 3. The highest BCUT2D eigenvalue weighted by Gasteiger charge is 2.28. The Morgan fingerprint density at radius 3 is 2.09 bits per heavy atom. The van der Waals surface area contributed by atoms with E-state index >= 15 is 0 Å². The van der Waals surface area contributed by atoms with Crippen LogP contribution in [0.15, 0.2) is 24.5 Å². The molecule has 2 aliphatic heterocycles. The molecule has 2 aromatic heterocycles. The van der Waals surface area contributed by atoms with Crippen molar-refractivity contribution in [3.63, 3.8) is 0 Å². The summed E-state index contributed by atoms with van der Waals surface area (Å²) < 4.78 is 0. The van der Waals surface area contributed by atoms with E-state index in [1.54, 1.807) is 0 Å². The molecular weight excluding hydrogens is 432 g/mol. The van der Waals surface area contributed by atoms with Crippen molar-refractivity contribution in [2.75, 3.05) is 49.1 Å². The Balaban J connectivity index is 0.000000189. The lowest BCUT2D eigenvalue weighted by atomic mass is 9.91. The van der Waals surface area contributed by atoms with Crippen molar-refractivity contribution in [2.45, 2.75) is 91.0 Å². The van der Waals surface area contributed by atoms with Crippen LogP contribution >= 0.6 is 0 Å². The van der Waals surface area contributed by atoms with Gasteiger partial charge in [-0.3, -0.25) is 4.90 Å². The van der Waals surface area contributed by atoms with Gasteiger partial charge in [-0.1, -0.05) is 46.1 Å². The third-order valence-corrected chi connectivity index (χ3v) is 7.78. The summed E-state index contributed by atoms with van der Waals surface area (Å²) >= 11 is 0. The molecule has 2 saturated heterocycles. The molecule has 0 aromatic carbocycles. The number of hydrogen-bond donors (Lipinski definition) is 0.